The van der Waals surface area contributed by atoms with E-state index in [-0.39, 0.29) is 12.2 Å². The van der Waals surface area contributed by atoms with Crippen LogP contribution in [0.1, 0.15) is 17.2 Å². The molecule has 2 N–H and O–H groups in total. The zero-order valence-electron chi connectivity index (χ0n) is 10.6. The first-order chi connectivity index (χ1) is 9.08. The molecule has 0 heterocycles. The predicted molar refractivity (Wildman–Crippen MR) is 70.0 cm³/mol. The standard InChI is InChI=1S/C15H15F2NO/c1-10-4-2-5-11(8-10)19-9-14(18)12-6-3-7-13(16)15(12)17/h2-8,14H,9,18H2,1H3. The van der Waals surface area contributed by atoms with Crippen LogP contribution in [0.5, 0.6) is 5.75 Å². The van der Waals surface area contributed by atoms with Gasteiger partial charge in [0.2, 0.25) is 0 Å². The highest BCUT2D eigenvalue weighted by Crippen LogP contribution is 2.19. The second-order valence-corrected chi connectivity index (χ2v) is 4.38. The van der Waals surface area contributed by atoms with Gasteiger partial charge >= 0.3 is 0 Å². The summed E-state index contributed by atoms with van der Waals surface area (Å²) in [5.41, 5.74) is 7.00. The zero-order chi connectivity index (χ0) is 13.8. The summed E-state index contributed by atoms with van der Waals surface area (Å²) in [5, 5.41) is 0. The van der Waals surface area contributed by atoms with Crippen LogP contribution in [0.15, 0.2) is 42.5 Å². The Bertz CT molecular complexity index is 572. The van der Waals surface area contributed by atoms with E-state index in [4.69, 9.17) is 10.5 Å². The molecule has 1 atom stereocenters. The van der Waals surface area contributed by atoms with Crippen molar-refractivity contribution in [2.45, 2.75) is 13.0 Å². The molecule has 4 heteroatoms. The summed E-state index contributed by atoms with van der Waals surface area (Å²) in [4.78, 5) is 0. The lowest BCUT2D eigenvalue weighted by molar-refractivity contribution is 0.286. The highest BCUT2D eigenvalue weighted by atomic mass is 19.2. The SMILES string of the molecule is Cc1cccc(OCC(N)c2cccc(F)c2F)c1. The fourth-order valence-electron chi connectivity index (χ4n) is 1.79. The molecule has 0 saturated carbocycles. The van der Waals surface area contributed by atoms with E-state index in [0.29, 0.717) is 5.75 Å². The van der Waals surface area contributed by atoms with Crippen molar-refractivity contribution in [3.8, 4) is 5.75 Å². The highest BCUT2D eigenvalue weighted by Gasteiger charge is 2.15. The van der Waals surface area contributed by atoms with Crippen LogP contribution in [0.4, 0.5) is 8.78 Å². The van der Waals surface area contributed by atoms with Crippen molar-refractivity contribution in [2.75, 3.05) is 6.61 Å². The van der Waals surface area contributed by atoms with Crippen LogP contribution in [-0.2, 0) is 0 Å². The number of rotatable bonds is 4. The largest absolute Gasteiger partial charge is 0.492 e. The summed E-state index contributed by atoms with van der Waals surface area (Å²) in [6.45, 7) is 2.03. The zero-order valence-corrected chi connectivity index (χ0v) is 10.6. The van der Waals surface area contributed by atoms with Gasteiger partial charge in [-0.25, -0.2) is 8.78 Å². The number of nitrogens with two attached hydrogens (primary N) is 1. The maximum absolute atomic E-state index is 13.5. The van der Waals surface area contributed by atoms with Gasteiger partial charge in [0.25, 0.3) is 0 Å². The summed E-state index contributed by atoms with van der Waals surface area (Å²) >= 11 is 0. The monoisotopic (exact) mass is 263 g/mol. The van der Waals surface area contributed by atoms with Crippen molar-refractivity contribution in [1.82, 2.24) is 0 Å². The van der Waals surface area contributed by atoms with Gasteiger partial charge in [-0.1, -0.05) is 24.3 Å². The third-order valence-corrected chi connectivity index (χ3v) is 2.80. The third-order valence-electron chi connectivity index (χ3n) is 2.80. The smallest absolute Gasteiger partial charge is 0.163 e. The Hall–Kier alpha value is -1.94. The number of hydrogen-bond donors (Lipinski definition) is 1. The Morgan fingerprint density at radius 1 is 1.16 bits per heavy atom. The van der Waals surface area contributed by atoms with E-state index in [1.54, 1.807) is 6.07 Å². The fourth-order valence-corrected chi connectivity index (χ4v) is 1.79. The van der Waals surface area contributed by atoms with Gasteiger partial charge in [-0.15, -0.1) is 0 Å². The molecular weight excluding hydrogens is 248 g/mol. The molecular formula is C15H15F2NO. The van der Waals surface area contributed by atoms with E-state index >= 15 is 0 Å². The van der Waals surface area contributed by atoms with Gasteiger partial charge in [-0.2, -0.15) is 0 Å². The normalized spacial score (nSPS) is 12.2. The molecule has 100 valence electrons. The molecule has 0 aliphatic rings. The van der Waals surface area contributed by atoms with Gasteiger partial charge in [-0.05, 0) is 30.7 Å². The van der Waals surface area contributed by atoms with Gasteiger partial charge < -0.3 is 10.5 Å². The lowest BCUT2D eigenvalue weighted by Crippen LogP contribution is -2.20. The predicted octanol–water partition coefficient (Wildman–Crippen LogP) is 3.35. The summed E-state index contributed by atoms with van der Waals surface area (Å²) in [5.74, 6) is -1.15. The minimum atomic E-state index is -0.914. The lowest BCUT2D eigenvalue weighted by Gasteiger charge is -2.14. The van der Waals surface area contributed by atoms with Gasteiger partial charge in [0.1, 0.15) is 12.4 Å². The maximum atomic E-state index is 13.5. The van der Waals surface area contributed by atoms with Gasteiger partial charge in [0.15, 0.2) is 11.6 Å². The first-order valence-corrected chi connectivity index (χ1v) is 5.97. The molecule has 0 saturated heterocycles. The number of aryl methyl sites for hydroxylation is 1. The van der Waals surface area contributed by atoms with Gasteiger partial charge in [0, 0.05) is 5.56 Å². The molecule has 0 bridgehead atoms. The van der Waals surface area contributed by atoms with Crippen molar-refractivity contribution in [3.63, 3.8) is 0 Å². The molecule has 0 aromatic heterocycles. The Morgan fingerprint density at radius 2 is 1.89 bits per heavy atom. The van der Waals surface area contributed by atoms with Crippen molar-refractivity contribution in [2.24, 2.45) is 5.73 Å². The van der Waals surface area contributed by atoms with Crippen LogP contribution >= 0.6 is 0 Å². The van der Waals surface area contributed by atoms with Crippen LogP contribution in [0.25, 0.3) is 0 Å². The Labute approximate surface area is 110 Å². The average Bonchev–Trinajstić information content (AvgIpc) is 2.39. The number of hydrogen-bond acceptors (Lipinski definition) is 2. The number of ether oxygens (including phenoxy) is 1. The summed E-state index contributed by atoms with van der Waals surface area (Å²) < 4.78 is 32.1. The van der Waals surface area contributed by atoms with Crippen molar-refractivity contribution >= 4 is 0 Å². The lowest BCUT2D eigenvalue weighted by atomic mass is 10.1. The van der Waals surface area contributed by atoms with Gasteiger partial charge in [0.05, 0.1) is 6.04 Å². The Balaban J connectivity index is 2.05. The van der Waals surface area contributed by atoms with Crippen molar-refractivity contribution in [3.05, 3.63) is 65.2 Å². The molecule has 2 aromatic rings. The molecule has 0 spiro atoms. The second kappa shape index (κ2) is 5.80. The van der Waals surface area contributed by atoms with Crippen LogP contribution in [-0.4, -0.2) is 6.61 Å². The summed E-state index contributed by atoms with van der Waals surface area (Å²) in [6.07, 6.45) is 0. The first-order valence-electron chi connectivity index (χ1n) is 5.97. The molecule has 19 heavy (non-hydrogen) atoms. The third kappa shape index (κ3) is 3.29. The van der Waals surface area contributed by atoms with E-state index in [1.807, 2.05) is 25.1 Å². The number of halogens is 2. The average molecular weight is 263 g/mol. The van der Waals surface area contributed by atoms with E-state index in [1.165, 1.54) is 12.1 Å². The molecule has 0 aliphatic carbocycles. The number of benzene rings is 2. The van der Waals surface area contributed by atoms with E-state index in [9.17, 15) is 8.78 Å². The van der Waals surface area contributed by atoms with E-state index in [0.717, 1.165) is 11.6 Å². The Kier molecular flexibility index (Phi) is 4.12. The van der Waals surface area contributed by atoms with E-state index < -0.39 is 17.7 Å². The quantitative estimate of drug-likeness (QED) is 0.918. The molecule has 1 unspecified atom stereocenters. The van der Waals surface area contributed by atoms with Crippen LogP contribution in [0, 0.1) is 18.6 Å². The van der Waals surface area contributed by atoms with Crippen LogP contribution in [0.2, 0.25) is 0 Å². The molecule has 2 aromatic carbocycles. The molecule has 0 amide bonds. The summed E-state index contributed by atoms with van der Waals surface area (Å²) in [7, 11) is 0. The second-order valence-electron chi connectivity index (χ2n) is 4.38. The molecule has 2 rings (SSSR count). The summed E-state index contributed by atoms with van der Waals surface area (Å²) in [6, 6.07) is 10.7. The minimum absolute atomic E-state index is 0.0871. The van der Waals surface area contributed by atoms with Crippen LogP contribution < -0.4 is 10.5 Å². The van der Waals surface area contributed by atoms with Crippen molar-refractivity contribution < 1.29 is 13.5 Å². The topological polar surface area (TPSA) is 35.2 Å². The molecule has 0 fully saturated rings. The minimum Gasteiger partial charge on any atom is -0.492 e. The molecule has 0 aliphatic heterocycles. The van der Waals surface area contributed by atoms with E-state index in [2.05, 4.69) is 0 Å². The van der Waals surface area contributed by atoms with Gasteiger partial charge in [-0.3, -0.25) is 0 Å². The molecule has 0 radical (unpaired) electrons. The van der Waals surface area contributed by atoms with Crippen LogP contribution in [0.3, 0.4) is 0 Å². The molecule has 2 nitrogen and oxygen atoms in total. The first kappa shape index (κ1) is 13.5. The highest BCUT2D eigenvalue weighted by molar-refractivity contribution is 5.28. The fraction of sp³-hybridized carbons (Fsp3) is 0.200. The van der Waals surface area contributed by atoms with Crippen molar-refractivity contribution in [1.29, 1.82) is 0 Å². The Morgan fingerprint density at radius 3 is 2.63 bits per heavy atom. The maximum Gasteiger partial charge on any atom is 0.163 e.